The number of carbonyl (C=O) groups is 1. The Balaban J connectivity index is 0.00000400. The summed E-state index contributed by atoms with van der Waals surface area (Å²) in [5.41, 5.74) is 1.12. The molecule has 1 aromatic carbocycles. The topological polar surface area (TPSA) is 50.4 Å². The van der Waals surface area contributed by atoms with Gasteiger partial charge in [-0.3, -0.25) is 4.79 Å². The maximum absolute atomic E-state index is 11.7. The molecule has 6 heteroatoms. The molecule has 0 aromatic heterocycles. The van der Waals surface area contributed by atoms with Crippen molar-refractivity contribution in [3.05, 3.63) is 29.8 Å². The largest absolute Gasteiger partial charge is 0.383 e. The van der Waals surface area contributed by atoms with Gasteiger partial charge in [-0.05, 0) is 30.4 Å². The summed E-state index contributed by atoms with van der Waals surface area (Å²) in [5, 5.41) is 6.00. The summed E-state index contributed by atoms with van der Waals surface area (Å²) in [6, 6.07) is 8.36. The van der Waals surface area contributed by atoms with Crippen LogP contribution in [-0.2, 0) is 9.53 Å². The van der Waals surface area contributed by atoms with Crippen LogP contribution in [0.3, 0.4) is 0 Å². The first kappa shape index (κ1) is 20.2. The number of nitrogens with one attached hydrogen (secondary N) is 2. The Hall–Kier alpha value is -0.750. The normalized spacial score (nSPS) is 11.6. The van der Waals surface area contributed by atoms with Crippen molar-refractivity contribution in [3.8, 4) is 0 Å². The van der Waals surface area contributed by atoms with Gasteiger partial charge >= 0.3 is 0 Å². The first-order valence-electron chi connectivity index (χ1n) is 6.89. The number of ether oxygens (including phenoxy) is 1. The number of halogens is 1. The molecule has 0 saturated heterocycles. The Morgan fingerprint density at radius 2 is 2.00 bits per heavy atom. The first-order valence-corrected chi connectivity index (χ1v) is 7.87. The van der Waals surface area contributed by atoms with Gasteiger partial charge in [-0.15, -0.1) is 24.2 Å². The number of hydrogen-bond acceptors (Lipinski definition) is 4. The molecule has 1 unspecified atom stereocenters. The van der Waals surface area contributed by atoms with Crippen LogP contribution in [0.2, 0.25) is 0 Å². The lowest BCUT2D eigenvalue weighted by atomic mass is 10.1. The van der Waals surface area contributed by atoms with Gasteiger partial charge in [0.15, 0.2) is 0 Å². The molecule has 0 spiro atoms. The molecule has 1 rings (SSSR count). The third-order valence-electron chi connectivity index (χ3n) is 2.84. The Labute approximate surface area is 137 Å². The number of rotatable bonds is 9. The monoisotopic (exact) mass is 332 g/mol. The van der Waals surface area contributed by atoms with Crippen molar-refractivity contribution in [2.24, 2.45) is 0 Å². The maximum Gasteiger partial charge on any atom is 0.234 e. The molecule has 0 aliphatic heterocycles. The fourth-order valence-corrected chi connectivity index (χ4v) is 2.43. The van der Waals surface area contributed by atoms with Gasteiger partial charge in [0.25, 0.3) is 0 Å². The quantitative estimate of drug-likeness (QED) is 0.539. The molecule has 1 amide bonds. The molecule has 0 saturated carbocycles. The van der Waals surface area contributed by atoms with Crippen molar-refractivity contribution in [2.75, 3.05) is 32.6 Å². The Kier molecular flexibility index (Phi) is 11.4. The molecule has 0 aliphatic rings. The smallest absolute Gasteiger partial charge is 0.234 e. The summed E-state index contributed by atoms with van der Waals surface area (Å²) in [4.78, 5) is 13.0. The third kappa shape index (κ3) is 8.31. The lowest BCUT2D eigenvalue weighted by molar-refractivity contribution is -0.120. The lowest BCUT2D eigenvalue weighted by Gasteiger charge is -2.15. The summed E-state index contributed by atoms with van der Waals surface area (Å²) in [7, 11) is 1.64. The van der Waals surface area contributed by atoms with Crippen LogP contribution in [0.1, 0.15) is 25.5 Å². The minimum atomic E-state index is 0. The predicted molar refractivity (Wildman–Crippen MR) is 91.4 cm³/mol. The fraction of sp³-hybridized carbons (Fsp3) is 0.533. The molecule has 0 aliphatic carbocycles. The Bertz CT molecular complexity index is 401. The van der Waals surface area contributed by atoms with Crippen LogP contribution in [-0.4, -0.2) is 38.5 Å². The second kappa shape index (κ2) is 11.9. The van der Waals surface area contributed by atoms with Crippen LogP contribution in [0.15, 0.2) is 29.2 Å². The maximum atomic E-state index is 11.7. The van der Waals surface area contributed by atoms with Crippen molar-refractivity contribution in [3.63, 3.8) is 0 Å². The Morgan fingerprint density at radius 3 is 2.57 bits per heavy atom. The highest BCUT2D eigenvalue weighted by molar-refractivity contribution is 7.99. The average molecular weight is 333 g/mol. The van der Waals surface area contributed by atoms with Crippen LogP contribution in [0.4, 0.5) is 0 Å². The van der Waals surface area contributed by atoms with Crippen molar-refractivity contribution in [1.82, 2.24) is 10.6 Å². The standard InChI is InChI=1S/C15H24N2O2S.ClH/c1-4-20-14-7-5-13(6-8-14)12(2)17-15(18)11-16-9-10-19-3;/h5-8,12,16H,4,9-11H2,1-3H3,(H,17,18);1H. The number of amides is 1. The molecule has 120 valence electrons. The number of methoxy groups -OCH3 is 1. The molecule has 21 heavy (non-hydrogen) atoms. The van der Waals surface area contributed by atoms with Gasteiger partial charge in [-0.1, -0.05) is 19.1 Å². The second-order valence-electron chi connectivity index (χ2n) is 4.46. The summed E-state index contributed by atoms with van der Waals surface area (Å²) in [5.74, 6) is 1.07. The molecule has 0 fully saturated rings. The summed E-state index contributed by atoms with van der Waals surface area (Å²) >= 11 is 1.82. The van der Waals surface area contributed by atoms with Crippen LogP contribution in [0, 0.1) is 0 Å². The van der Waals surface area contributed by atoms with Gasteiger partial charge in [-0.25, -0.2) is 0 Å². The first-order chi connectivity index (χ1) is 9.67. The molecule has 1 aromatic rings. The van der Waals surface area contributed by atoms with E-state index in [1.54, 1.807) is 7.11 Å². The van der Waals surface area contributed by atoms with Gasteiger partial charge in [0.2, 0.25) is 5.91 Å². The predicted octanol–water partition coefficient (Wildman–Crippen LogP) is 2.63. The van der Waals surface area contributed by atoms with E-state index in [0.717, 1.165) is 11.3 Å². The highest BCUT2D eigenvalue weighted by Crippen LogP contribution is 2.20. The molecule has 4 nitrogen and oxygen atoms in total. The number of hydrogen-bond donors (Lipinski definition) is 2. The second-order valence-corrected chi connectivity index (χ2v) is 5.80. The molecule has 0 radical (unpaired) electrons. The van der Waals surface area contributed by atoms with E-state index in [2.05, 4.69) is 41.8 Å². The summed E-state index contributed by atoms with van der Waals surface area (Å²) < 4.78 is 4.91. The van der Waals surface area contributed by atoms with Crippen LogP contribution < -0.4 is 10.6 Å². The molecule has 0 bridgehead atoms. The van der Waals surface area contributed by atoms with Crippen LogP contribution in [0.5, 0.6) is 0 Å². The van der Waals surface area contributed by atoms with E-state index in [4.69, 9.17) is 4.74 Å². The zero-order valence-electron chi connectivity index (χ0n) is 12.8. The van der Waals surface area contributed by atoms with Crippen LogP contribution in [0.25, 0.3) is 0 Å². The number of benzene rings is 1. The van der Waals surface area contributed by atoms with Crippen molar-refractivity contribution < 1.29 is 9.53 Å². The van der Waals surface area contributed by atoms with Crippen molar-refractivity contribution in [1.29, 1.82) is 0 Å². The van der Waals surface area contributed by atoms with E-state index in [9.17, 15) is 4.79 Å². The van der Waals surface area contributed by atoms with Crippen LogP contribution >= 0.6 is 24.2 Å². The van der Waals surface area contributed by atoms with Gasteiger partial charge < -0.3 is 15.4 Å². The molecule has 1 atom stereocenters. The number of carbonyl (C=O) groups excluding carboxylic acids is 1. The summed E-state index contributed by atoms with van der Waals surface area (Å²) in [6.45, 7) is 5.74. The fourth-order valence-electron chi connectivity index (χ4n) is 1.77. The minimum Gasteiger partial charge on any atom is -0.383 e. The number of thioether (sulfide) groups is 1. The third-order valence-corrected chi connectivity index (χ3v) is 3.73. The lowest BCUT2D eigenvalue weighted by Crippen LogP contribution is -2.36. The molecular weight excluding hydrogens is 308 g/mol. The van der Waals surface area contributed by atoms with E-state index in [0.29, 0.717) is 19.7 Å². The molecular formula is C15H25ClN2O2S. The molecule has 0 heterocycles. The van der Waals surface area contributed by atoms with Gasteiger partial charge in [0.05, 0.1) is 19.2 Å². The van der Waals surface area contributed by atoms with Gasteiger partial charge in [0.1, 0.15) is 0 Å². The van der Waals surface area contributed by atoms with Gasteiger partial charge in [0, 0.05) is 18.6 Å². The highest BCUT2D eigenvalue weighted by Gasteiger charge is 2.09. The molecule has 2 N–H and O–H groups in total. The average Bonchev–Trinajstić information content (AvgIpc) is 2.45. The van der Waals surface area contributed by atoms with E-state index in [-0.39, 0.29) is 24.4 Å². The van der Waals surface area contributed by atoms with Gasteiger partial charge in [-0.2, -0.15) is 0 Å². The zero-order valence-corrected chi connectivity index (χ0v) is 14.5. The summed E-state index contributed by atoms with van der Waals surface area (Å²) in [6.07, 6.45) is 0. The SMILES string of the molecule is CCSc1ccc(C(C)NC(=O)CNCCOC)cc1.Cl. The van der Waals surface area contributed by atoms with E-state index in [1.165, 1.54) is 4.90 Å². The van der Waals surface area contributed by atoms with Crippen molar-refractivity contribution >= 4 is 30.1 Å². The van der Waals surface area contributed by atoms with E-state index in [1.807, 2.05) is 18.7 Å². The highest BCUT2D eigenvalue weighted by atomic mass is 35.5. The Morgan fingerprint density at radius 1 is 1.33 bits per heavy atom. The minimum absolute atomic E-state index is 0. The zero-order chi connectivity index (χ0) is 14.8. The van der Waals surface area contributed by atoms with Crippen molar-refractivity contribution in [2.45, 2.75) is 24.8 Å². The van der Waals surface area contributed by atoms with E-state index < -0.39 is 0 Å². The van der Waals surface area contributed by atoms with E-state index >= 15 is 0 Å².